The second kappa shape index (κ2) is 6.62. The molecule has 3 rings (SSSR count). The maximum atomic E-state index is 12.3. The summed E-state index contributed by atoms with van der Waals surface area (Å²) >= 11 is 1.57. The fourth-order valence-electron chi connectivity index (χ4n) is 2.32. The quantitative estimate of drug-likeness (QED) is 0.770. The molecule has 0 saturated carbocycles. The number of hydrogen-bond acceptors (Lipinski definition) is 3. The number of H-pyrrole nitrogens is 1. The van der Waals surface area contributed by atoms with Gasteiger partial charge in [0.05, 0.1) is 6.04 Å². The Morgan fingerprint density at radius 3 is 2.52 bits per heavy atom. The zero-order chi connectivity index (χ0) is 16.2. The van der Waals surface area contributed by atoms with E-state index in [4.69, 9.17) is 0 Å². The van der Waals surface area contributed by atoms with Gasteiger partial charge in [-0.2, -0.15) is 0 Å². The molecule has 3 aromatic rings. The number of nitrogens with one attached hydrogen (secondary N) is 2. The molecule has 0 saturated heterocycles. The van der Waals surface area contributed by atoms with Crippen LogP contribution in [0.1, 0.15) is 28.2 Å². The van der Waals surface area contributed by atoms with Crippen LogP contribution in [-0.4, -0.2) is 10.9 Å². The van der Waals surface area contributed by atoms with Gasteiger partial charge in [0, 0.05) is 10.6 Å². The van der Waals surface area contributed by atoms with Gasteiger partial charge < -0.3 is 10.3 Å². The fraction of sp³-hybridized carbons (Fsp3) is 0.111. The molecule has 1 atom stereocenters. The van der Waals surface area contributed by atoms with Gasteiger partial charge in [0.15, 0.2) is 0 Å². The van der Waals surface area contributed by atoms with Gasteiger partial charge in [-0.1, -0.05) is 36.4 Å². The number of aromatic nitrogens is 1. The van der Waals surface area contributed by atoms with Crippen LogP contribution in [0.5, 0.6) is 0 Å². The van der Waals surface area contributed by atoms with E-state index < -0.39 is 0 Å². The van der Waals surface area contributed by atoms with E-state index in [1.54, 1.807) is 23.5 Å². The number of hydrogen-bond donors (Lipinski definition) is 2. The smallest absolute Gasteiger partial charge is 0.261 e. The van der Waals surface area contributed by atoms with Gasteiger partial charge in [-0.15, -0.1) is 11.3 Å². The first-order chi connectivity index (χ1) is 11.1. The summed E-state index contributed by atoms with van der Waals surface area (Å²) in [7, 11) is 0. The monoisotopic (exact) mass is 324 g/mol. The minimum atomic E-state index is -0.387. The van der Waals surface area contributed by atoms with Crippen LogP contribution >= 0.6 is 11.3 Å². The Hall–Kier alpha value is -2.66. The molecule has 0 aliphatic carbocycles. The summed E-state index contributed by atoms with van der Waals surface area (Å²) in [6.45, 7) is 1.90. The molecule has 0 unspecified atom stereocenters. The minimum Gasteiger partial charge on any atom is -0.345 e. The molecule has 0 radical (unpaired) electrons. The van der Waals surface area contributed by atoms with Crippen LogP contribution < -0.4 is 10.9 Å². The Morgan fingerprint density at radius 1 is 1.09 bits per heavy atom. The van der Waals surface area contributed by atoms with Gasteiger partial charge in [0.25, 0.3) is 11.5 Å². The average Bonchev–Trinajstić information content (AvgIpc) is 3.10. The first-order valence-corrected chi connectivity index (χ1v) is 8.16. The molecule has 2 N–H and O–H groups in total. The Labute approximate surface area is 137 Å². The Kier molecular flexibility index (Phi) is 4.39. The van der Waals surface area contributed by atoms with Crippen molar-refractivity contribution in [3.05, 3.63) is 80.8 Å². The minimum absolute atomic E-state index is 0.119. The molecule has 0 bridgehead atoms. The van der Waals surface area contributed by atoms with Crippen molar-refractivity contribution >= 4 is 17.2 Å². The van der Waals surface area contributed by atoms with E-state index in [0.29, 0.717) is 5.69 Å². The standard InChI is InChI=1S/C18H16N2O2S/c1-12(16-8-5-11-23-16)19-17(21)14-9-10-15(20-18(14)22)13-6-3-2-4-7-13/h2-12H,1H3,(H,19,21)(H,20,22)/t12-/m0/s1. The van der Waals surface area contributed by atoms with E-state index in [-0.39, 0.29) is 23.1 Å². The van der Waals surface area contributed by atoms with Crippen LogP contribution in [0.15, 0.2) is 64.8 Å². The highest BCUT2D eigenvalue weighted by Crippen LogP contribution is 2.19. The third-order valence-corrected chi connectivity index (χ3v) is 4.61. The lowest BCUT2D eigenvalue weighted by Crippen LogP contribution is -2.31. The molecule has 1 amide bonds. The molecule has 116 valence electrons. The predicted octanol–water partition coefficient (Wildman–Crippen LogP) is 3.59. The Bertz CT molecular complexity index is 854. The Balaban J connectivity index is 1.81. The number of benzene rings is 1. The van der Waals surface area contributed by atoms with Crippen molar-refractivity contribution in [2.24, 2.45) is 0 Å². The SMILES string of the molecule is C[C@H](NC(=O)c1ccc(-c2ccccc2)[nH]c1=O)c1cccs1. The highest BCUT2D eigenvalue weighted by atomic mass is 32.1. The number of amides is 1. The van der Waals surface area contributed by atoms with Crippen molar-refractivity contribution in [1.29, 1.82) is 0 Å². The van der Waals surface area contributed by atoms with Crippen molar-refractivity contribution in [1.82, 2.24) is 10.3 Å². The lowest BCUT2D eigenvalue weighted by atomic mass is 10.1. The summed E-state index contributed by atoms with van der Waals surface area (Å²) in [5.74, 6) is -0.369. The fourth-order valence-corrected chi connectivity index (χ4v) is 3.06. The van der Waals surface area contributed by atoms with Crippen LogP contribution in [0, 0.1) is 0 Å². The zero-order valence-corrected chi connectivity index (χ0v) is 13.4. The summed E-state index contributed by atoms with van der Waals surface area (Å²) < 4.78 is 0. The number of carbonyl (C=O) groups excluding carboxylic acids is 1. The summed E-state index contributed by atoms with van der Waals surface area (Å²) in [6.07, 6.45) is 0. The van der Waals surface area contributed by atoms with Crippen LogP contribution in [0.25, 0.3) is 11.3 Å². The number of aromatic amines is 1. The zero-order valence-electron chi connectivity index (χ0n) is 12.6. The van der Waals surface area contributed by atoms with Crippen LogP contribution in [0.2, 0.25) is 0 Å². The topological polar surface area (TPSA) is 62.0 Å². The highest BCUT2D eigenvalue weighted by molar-refractivity contribution is 7.10. The van der Waals surface area contributed by atoms with Crippen molar-refractivity contribution in [2.75, 3.05) is 0 Å². The number of rotatable bonds is 4. The summed E-state index contributed by atoms with van der Waals surface area (Å²) in [5.41, 5.74) is 1.33. The lowest BCUT2D eigenvalue weighted by molar-refractivity contribution is 0.0939. The number of pyridine rings is 1. The molecule has 0 fully saturated rings. The van der Waals surface area contributed by atoms with Crippen molar-refractivity contribution in [3.63, 3.8) is 0 Å². The molecule has 0 spiro atoms. The van der Waals surface area contributed by atoms with Crippen LogP contribution in [0.4, 0.5) is 0 Å². The Morgan fingerprint density at radius 2 is 1.87 bits per heavy atom. The average molecular weight is 324 g/mol. The maximum Gasteiger partial charge on any atom is 0.261 e. The van der Waals surface area contributed by atoms with Gasteiger partial charge in [-0.25, -0.2) is 0 Å². The molecule has 2 aromatic heterocycles. The van der Waals surface area contributed by atoms with E-state index in [9.17, 15) is 9.59 Å². The van der Waals surface area contributed by atoms with E-state index in [1.165, 1.54) is 0 Å². The predicted molar refractivity (Wildman–Crippen MR) is 92.7 cm³/mol. The van der Waals surface area contributed by atoms with E-state index in [2.05, 4.69) is 10.3 Å². The first-order valence-electron chi connectivity index (χ1n) is 7.28. The molecule has 0 aliphatic heterocycles. The number of carbonyl (C=O) groups is 1. The van der Waals surface area contributed by atoms with Gasteiger partial charge in [0.2, 0.25) is 0 Å². The molecule has 4 nitrogen and oxygen atoms in total. The van der Waals surface area contributed by atoms with Crippen LogP contribution in [-0.2, 0) is 0 Å². The summed E-state index contributed by atoms with van der Waals surface area (Å²) in [4.78, 5) is 28.3. The summed E-state index contributed by atoms with van der Waals surface area (Å²) in [6, 6.07) is 16.6. The third-order valence-electron chi connectivity index (χ3n) is 3.56. The molecular formula is C18H16N2O2S. The second-order valence-corrected chi connectivity index (χ2v) is 6.17. The van der Waals surface area contributed by atoms with Crippen molar-refractivity contribution in [3.8, 4) is 11.3 Å². The lowest BCUT2D eigenvalue weighted by Gasteiger charge is -2.12. The van der Waals surface area contributed by atoms with Crippen molar-refractivity contribution < 1.29 is 4.79 Å². The van der Waals surface area contributed by atoms with E-state index >= 15 is 0 Å². The maximum absolute atomic E-state index is 12.3. The van der Waals surface area contributed by atoms with Crippen molar-refractivity contribution in [2.45, 2.75) is 13.0 Å². The molecular weight excluding hydrogens is 308 g/mol. The van der Waals surface area contributed by atoms with E-state index in [0.717, 1.165) is 10.4 Å². The summed E-state index contributed by atoms with van der Waals surface area (Å²) in [5, 5.41) is 4.81. The van der Waals surface area contributed by atoms with Gasteiger partial charge in [-0.3, -0.25) is 9.59 Å². The highest BCUT2D eigenvalue weighted by Gasteiger charge is 2.15. The van der Waals surface area contributed by atoms with Gasteiger partial charge in [-0.05, 0) is 36.1 Å². The molecule has 23 heavy (non-hydrogen) atoms. The molecule has 2 heterocycles. The van der Waals surface area contributed by atoms with Gasteiger partial charge in [0.1, 0.15) is 5.56 Å². The van der Waals surface area contributed by atoms with E-state index in [1.807, 2.05) is 54.8 Å². The normalized spacial score (nSPS) is 11.9. The number of thiophene rings is 1. The van der Waals surface area contributed by atoms with Gasteiger partial charge >= 0.3 is 0 Å². The molecule has 0 aliphatic rings. The van der Waals surface area contributed by atoms with Crippen LogP contribution in [0.3, 0.4) is 0 Å². The molecule has 1 aromatic carbocycles. The second-order valence-electron chi connectivity index (χ2n) is 5.19. The molecule has 5 heteroatoms. The largest absolute Gasteiger partial charge is 0.345 e. The third kappa shape index (κ3) is 3.40. The first kappa shape index (κ1) is 15.2.